The standard InChI is InChI=1S/AsH3.Ga.2In.9H/h1H3;;;;;;;;;;;;. The Balaban J connectivity index is 0. The molecule has 0 heterocycles. The van der Waals surface area contributed by atoms with Gasteiger partial charge in [0.25, 0.3) is 0 Å². The van der Waals surface area contributed by atoms with E-state index in [0.29, 0.717) is 0 Å². The number of hydrogen-bond donors (Lipinski definition) is 0. The Morgan fingerprint density at radius 2 is 0.750 bits per heavy atom. The summed E-state index contributed by atoms with van der Waals surface area (Å²) in [5, 5.41) is 0. The van der Waals surface area contributed by atoms with Crippen molar-refractivity contribution in [2.45, 2.75) is 0 Å². The molecule has 0 aliphatic carbocycles. The molecule has 26 valence electrons. The van der Waals surface area contributed by atoms with Gasteiger partial charge in [-0.15, -0.1) is 0 Å². The maximum atomic E-state index is 0. The van der Waals surface area contributed by atoms with E-state index in [1.165, 1.54) is 0 Å². The Kier molecular flexibility index (Phi) is 119. The Labute approximate surface area is 87.8 Å². The minimum atomic E-state index is 0. The van der Waals surface area contributed by atoms with E-state index in [1.54, 1.807) is 0 Å². The molecule has 0 aliphatic rings. The Hall–Kier alpha value is 2.94. The van der Waals surface area contributed by atoms with Gasteiger partial charge in [-0.3, -0.25) is 0 Å². The van der Waals surface area contributed by atoms with E-state index in [9.17, 15) is 0 Å². The van der Waals surface area contributed by atoms with E-state index in [4.69, 9.17) is 0 Å². The van der Waals surface area contributed by atoms with Gasteiger partial charge in [0.1, 0.15) is 0 Å². The van der Waals surface area contributed by atoms with Gasteiger partial charge in [-0.25, -0.2) is 0 Å². The van der Waals surface area contributed by atoms with Crippen LogP contribution in [-0.4, -0.2) is 89.4 Å². The van der Waals surface area contributed by atoms with Crippen LogP contribution in [0.5, 0.6) is 0 Å². The predicted octanol–water partition coefficient (Wildman–Crippen LogP) is -4.74. The molecule has 0 saturated heterocycles. The van der Waals surface area contributed by atoms with Gasteiger partial charge in [0.2, 0.25) is 0 Å². The average Bonchev–Trinajstić information content (AvgIpc) is 0. The summed E-state index contributed by atoms with van der Waals surface area (Å²) >= 11 is 0. The molecule has 0 fully saturated rings. The van der Waals surface area contributed by atoms with E-state index >= 15 is 0 Å². The second kappa shape index (κ2) is 16.8. The molecule has 0 aliphatic heterocycles. The van der Waals surface area contributed by atoms with Gasteiger partial charge in [0, 0.05) is 0 Å². The molecule has 0 nitrogen and oxygen atoms in total. The second-order valence-corrected chi connectivity index (χ2v) is 0. The van der Waals surface area contributed by atoms with Crippen molar-refractivity contribution in [1.29, 1.82) is 0 Å². The number of rotatable bonds is 0. The summed E-state index contributed by atoms with van der Waals surface area (Å²) in [6.45, 7) is 0. The minimum absolute atomic E-state index is 0. The zero-order valence-corrected chi connectivity index (χ0v) is 3.67. The van der Waals surface area contributed by atoms with E-state index in [0.717, 1.165) is 0 Å². The van der Waals surface area contributed by atoms with Crippen LogP contribution < -0.4 is 0 Å². The Morgan fingerprint density at radius 3 is 0.750 bits per heavy atom. The summed E-state index contributed by atoms with van der Waals surface area (Å²) in [7, 11) is 0. The first-order chi connectivity index (χ1) is 0. The third kappa shape index (κ3) is 8.87. The van der Waals surface area contributed by atoms with Gasteiger partial charge in [-0.05, 0) is 0 Å². The summed E-state index contributed by atoms with van der Waals surface area (Å²) < 4.78 is 0. The van der Waals surface area contributed by atoms with Crippen molar-refractivity contribution in [3.8, 4) is 0 Å². The first kappa shape index (κ1) is 28.4. The van der Waals surface area contributed by atoms with E-state index in [2.05, 4.69) is 0 Å². The third-order valence-electron chi connectivity index (χ3n) is 0. The molecular formula is H12AsGaIn2. The van der Waals surface area contributed by atoms with Gasteiger partial charge in [-0.2, -0.15) is 0 Å². The third-order valence-corrected chi connectivity index (χ3v) is 0. The van der Waals surface area contributed by atoms with Crippen LogP contribution in [0.15, 0.2) is 0 Å². The Bertz CT molecular complexity index is 6.00. The quantitative estimate of drug-likeness (QED) is 0.367. The maximum absolute atomic E-state index is 0. The first-order valence-corrected chi connectivity index (χ1v) is 0. The van der Waals surface area contributed by atoms with Crippen LogP contribution in [0.2, 0.25) is 0 Å². The molecule has 0 amide bonds. The van der Waals surface area contributed by atoms with Crippen molar-refractivity contribution >= 4 is 89.4 Å². The van der Waals surface area contributed by atoms with Crippen molar-refractivity contribution in [2.24, 2.45) is 0 Å². The first-order valence-electron chi connectivity index (χ1n) is 0. The molecule has 1 atom stereocenters. The molecule has 4 heteroatoms. The number of hydrogen-bond acceptors (Lipinski definition) is 0. The fourth-order valence-electron chi connectivity index (χ4n) is 0. The fourth-order valence-corrected chi connectivity index (χ4v) is 0. The summed E-state index contributed by atoms with van der Waals surface area (Å²) in [6.07, 6.45) is 0. The van der Waals surface area contributed by atoms with Crippen molar-refractivity contribution in [3.05, 3.63) is 0 Å². The van der Waals surface area contributed by atoms with Crippen molar-refractivity contribution in [2.75, 3.05) is 0 Å². The molecule has 0 aromatic carbocycles. The molecule has 0 rings (SSSR count). The average molecular weight is 386 g/mol. The molecule has 0 spiro atoms. The predicted molar refractivity (Wildman–Crippen MR) is 39.8 cm³/mol. The van der Waals surface area contributed by atoms with Crippen molar-refractivity contribution in [3.63, 3.8) is 0 Å². The SMILES string of the molecule is [AsH3].[GaH3].[InH3].[InH3]. The molecule has 1 unspecified atom stereocenters. The molecule has 0 aromatic rings. The van der Waals surface area contributed by atoms with Crippen molar-refractivity contribution in [1.82, 2.24) is 0 Å². The van der Waals surface area contributed by atoms with Crippen LogP contribution in [0, 0.1) is 0 Å². The van der Waals surface area contributed by atoms with Crippen molar-refractivity contribution < 1.29 is 0 Å². The summed E-state index contributed by atoms with van der Waals surface area (Å²) in [5.41, 5.74) is 0. The molecule has 0 saturated carbocycles. The zero-order valence-electron chi connectivity index (χ0n) is 0.707. The monoisotopic (exact) mass is 386 g/mol. The Morgan fingerprint density at radius 1 is 0.750 bits per heavy atom. The molecule has 4 heavy (non-hydrogen) atoms. The summed E-state index contributed by atoms with van der Waals surface area (Å²) in [6, 6.07) is 0. The van der Waals surface area contributed by atoms with Gasteiger partial charge >= 0.3 is 89.4 Å². The van der Waals surface area contributed by atoms with Crippen LogP contribution in [0.3, 0.4) is 0 Å². The van der Waals surface area contributed by atoms with Crippen LogP contribution in [0.1, 0.15) is 0 Å². The van der Waals surface area contributed by atoms with Crippen LogP contribution in [0.4, 0.5) is 0 Å². The molecular weight excluding hydrogens is 374 g/mol. The molecule has 0 N–H and O–H groups in total. The summed E-state index contributed by atoms with van der Waals surface area (Å²) in [4.78, 5) is 0. The van der Waals surface area contributed by atoms with E-state index < -0.39 is 0 Å². The van der Waals surface area contributed by atoms with Gasteiger partial charge < -0.3 is 0 Å². The van der Waals surface area contributed by atoms with Crippen LogP contribution in [0.25, 0.3) is 0 Å². The van der Waals surface area contributed by atoms with Crippen LogP contribution >= 0.6 is 0 Å². The van der Waals surface area contributed by atoms with E-state index in [1.807, 2.05) is 0 Å². The van der Waals surface area contributed by atoms with Gasteiger partial charge in [-0.1, -0.05) is 0 Å². The van der Waals surface area contributed by atoms with E-state index in [-0.39, 0.29) is 89.4 Å². The van der Waals surface area contributed by atoms with Gasteiger partial charge in [0.15, 0.2) is 0 Å². The fraction of sp³-hybridized carbons (Fsp3) is 0. The topological polar surface area (TPSA) is 0 Å². The molecule has 0 bridgehead atoms. The molecule has 0 aromatic heterocycles. The van der Waals surface area contributed by atoms with Crippen LogP contribution in [-0.2, 0) is 0 Å². The normalized spacial score (nSPS) is 0. The summed E-state index contributed by atoms with van der Waals surface area (Å²) in [5.74, 6) is 0. The second-order valence-electron chi connectivity index (χ2n) is 0. The zero-order chi connectivity index (χ0) is 0. The van der Waals surface area contributed by atoms with Gasteiger partial charge in [0.05, 0.1) is 0 Å². The molecule has 0 radical (unpaired) electrons.